The van der Waals surface area contributed by atoms with E-state index in [-0.39, 0.29) is 18.4 Å². The summed E-state index contributed by atoms with van der Waals surface area (Å²) in [4.78, 5) is 36.5. The summed E-state index contributed by atoms with van der Waals surface area (Å²) >= 11 is 0. The lowest BCUT2D eigenvalue weighted by Crippen LogP contribution is -2.52. The fraction of sp³-hybridized carbons (Fsp3) is 0.294. The standard InChI is InChI=1S/C17H20N6O2/c24-15(20-21-16(25)14-5-2-1-3-6-14)13-22-9-11-23(12-10-22)17-18-7-4-8-19-17/h1-8H,9-13H2,(H,20,24)(H,21,25). The zero-order valence-corrected chi connectivity index (χ0v) is 13.8. The maximum absolute atomic E-state index is 12.0. The number of benzene rings is 1. The third-order valence-corrected chi connectivity index (χ3v) is 3.93. The maximum atomic E-state index is 12.0. The molecular formula is C17H20N6O2. The van der Waals surface area contributed by atoms with Gasteiger partial charge in [0.25, 0.3) is 11.8 Å². The summed E-state index contributed by atoms with van der Waals surface area (Å²) in [6.45, 7) is 3.22. The highest BCUT2D eigenvalue weighted by Crippen LogP contribution is 2.09. The van der Waals surface area contributed by atoms with Crippen LogP contribution in [0.3, 0.4) is 0 Å². The number of hydrogen-bond donors (Lipinski definition) is 2. The van der Waals surface area contributed by atoms with Crippen molar-refractivity contribution in [2.24, 2.45) is 0 Å². The Morgan fingerprint density at radius 3 is 2.28 bits per heavy atom. The Bertz CT molecular complexity index is 702. The zero-order chi connectivity index (χ0) is 17.5. The molecule has 0 spiro atoms. The second-order valence-electron chi connectivity index (χ2n) is 5.68. The minimum Gasteiger partial charge on any atom is -0.338 e. The molecular weight excluding hydrogens is 320 g/mol. The van der Waals surface area contributed by atoms with Crippen LogP contribution in [-0.4, -0.2) is 59.4 Å². The van der Waals surface area contributed by atoms with Gasteiger partial charge in [0.05, 0.1) is 6.54 Å². The smallest absolute Gasteiger partial charge is 0.269 e. The lowest BCUT2D eigenvalue weighted by molar-refractivity contribution is -0.123. The number of anilines is 1. The van der Waals surface area contributed by atoms with Crippen LogP contribution >= 0.6 is 0 Å². The molecule has 0 atom stereocenters. The topological polar surface area (TPSA) is 90.5 Å². The summed E-state index contributed by atoms with van der Waals surface area (Å²) < 4.78 is 0. The van der Waals surface area contributed by atoms with Crippen molar-refractivity contribution < 1.29 is 9.59 Å². The van der Waals surface area contributed by atoms with Crippen LogP contribution in [0.4, 0.5) is 5.95 Å². The minimum atomic E-state index is -0.333. The van der Waals surface area contributed by atoms with Crippen LogP contribution in [0.25, 0.3) is 0 Å². The molecule has 0 radical (unpaired) electrons. The SMILES string of the molecule is O=C(CN1CCN(c2ncccn2)CC1)NNC(=O)c1ccccc1. The number of nitrogens with zero attached hydrogens (tertiary/aromatic N) is 4. The molecule has 130 valence electrons. The van der Waals surface area contributed by atoms with Gasteiger partial charge in [0.1, 0.15) is 0 Å². The van der Waals surface area contributed by atoms with Crippen LogP contribution in [-0.2, 0) is 4.79 Å². The monoisotopic (exact) mass is 340 g/mol. The normalized spacial score (nSPS) is 14.8. The molecule has 1 aliphatic rings. The van der Waals surface area contributed by atoms with E-state index in [1.807, 2.05) is 11.0 Å². The Balaban J connectivity index is 1.40. The summed E-state index contributed by atoms with van der Waals surface area (Å²) in [6, 6.07) is 10.5. The van der Waals surface area contributed by atoms with E-state index < -0.39 is 0 Å². The van der Waals surface area contributed by atoms with Crippen LogP contribution in [0, 0.1) is 0 Å². The molecule has 1 aromatic heterocycles. The van der Waals surface area contributed by atoms with E-state index in [0.717, 1.165) is 26.2 Å². The van der Waals surface area contributed by atoms with E-state index >= 15 is 0 Å². The van der Waals surface area contributed by atoms with Gasteiger partial charge >= 0.3 is 0 Å². The van der Waals surface area contributed by atoms with E-state index in [1.165, 1.54) is 0 Å². The Morgan fingerprint density at radius 1 is 0.920 bits per heavy atom. The Hall–Kier alpha value is -3.00. The van der Waals surface area contributed by atoms with Crippen molar-refractivity contribution in [3.63, 3.8) is 0 Å². The first kappa shape index (κ1) is 16.8. The highest BCUT2D eigenvalue weighted by atomic mass is 16.2. The number of carbonyl (C=O) groups is 2. The number of aromatic nitrogens is 2. The molecule has 0 unspecified atom stereocenters. The number of hydrogen-bond acceptors (Lipinski definition) is 6. The molecule has 0 aliphatic carbocycles. The first-order valence-electron chi connectivity index (χ1n) is 8.11. The molecule has 2 N–H and O–H groups in total. The average molecular weight is 340 g/mol. The van der Waals surface area contributed by atoms with Crippen molar-refractivity contribution in [1.29, 1.82) is 0 Å². The number of nitrogens with one attached hydrogen (secondary N) is 2. The molecule has 2 heterocycles. The molecule has 1 saturated heterocycles. The summed E-state index contributed by atoms with van der Waals surface area (Å²) in [6.07, 6.45) is 3.44. The van der Waals surface area contributed by atoms with Crippen molar-refractivity contribution in [2.75, 3.05) is 37.6 Å². The lowest BCUT2D eigenvalue weighted by Gasteiger charge is -2.34. The Kier molecular flexibility index (Phi) is 5.53. The van der Waals surface area contributed by atoms with Crippen LogP contribution < -0.4 is 15.8 Å². The molecule has 3 rings (SSSR count). The number of hydrazine groups is 1. The van der Waals surface area contributed by atoms with Gasteiger partial charge in [-0.25, -0.2) is 9.97 Å². The van der Waals surface area contributed by atoms with E-state index in [0.29, 0.717) is 11.5 Å². The molecule has 25 heavy (non-hydrogen) atoms. The lowest BCUT2D eigenvalue weighted by atomic mass is 10.2. The number of carbonyl (C=O) groups excluding carboxylic acids is 2. The molecule has 8 nitrogen and oxygen atoms in total. The first-order valence-corrected chi connectivity index (χ1v) is 8.11. The summed E-state index contributed by atoms with van der Waals surface area (Å²) in [5.41, 5.74) is 5.38. The van der Waals surface area contributed by atoms with E-state index in [4.69, 9.17) is 0 Å². The van der Waals surface area contributed by atoms with E-state index in [1.54, 1.807) is 42.7 Å². The predicted molar refractivity (Wildman–Crippen MR) is 92.7 cm³/mol. The number of piperazine rings is 1. The fourth-order valence-electron chi connectivity index (χ4n) is 2.59. The van der Waals surface area contributed by atoms with Gasteiger partial charge in [-0.05, 0) is 18.2 Å². The molecule has 1 aromatic carbocycles. The van der Waals surface area contributed by atoms with Gasteiger partial charge in [-0.2, -0.15) is 0 Å². The van der Waals surface area contributed by atoms with Gasteiger partial charge in [0, 0.05) is 44.1 Å². The number of amides is 2. The highest BCUT2D eigenvalue weighted by molar-refractivity contribution is 5.95. The Morgan fingerprint density at radius 2 is 1.60 bits per heavy atom. The molecule has 8 heteroatoms. The van der Waals surface area contributed by atoms with Crippen molar-refractivity contribution in [3.8, 4) is 0 Å². The molecule has 2 aromatic rings. The molecule has 2 amide bonds. The van der Waals surface area contributed by atoms with Gasteiger partial charge in [-0.3, -0.25) is 25.3 Å². The van der Waals surface area contributed by atoms with Crippen LogP contribution in [0.5, 0.6) is 0 Å². The van der Waals surface area contributed by atoms with Gasteiger partial charge in [-0.15, -0.1) is 0 Å². The van der Waals surface area contributed by atoms with Gasteiger partial charge in [-0.1, -0.05) is 18.2 Å². The molecule has 1 fully saturated rings. The van der Waals surface area contributed by atoms with Gasteiger partial charge in [0.2, 0.25) is 5.95 Å². The van der Waals surface area contributed by atoms with Crippen molar-refractivity contribution in [2.45, 2.75) is 0 Å². The predicted octanol–water partition coefficient (Wildman–Crippen LogP) is 0.0598. The maximum Gasteiger partial charge on any atom is 0.269 e. The third kappa shape index (κ3) is 4.74. The largest absolute Gasteiger partial charge is 0.338 e. The second-order valence-corrected chi connectivity index (χ2v) is 5.68. The summed E-state index contributed by atoms with van der Waals surface area (Å²) in [5.74, 6) is 0.135. The van der Waals surface area contributed by atoms with Gasteiger partial charge in [0.15, 0.2) is 0 Å². The quantitative estimate of drug-likeness (QED) is 0.765. The van der Waals surface area contributed by atoms with Crippen molar-refractivity contribution in [3.05, 3.63) is 54.4 Å². The zero-order valence-electron chi connectivity index (χ0n) is 13.8. The van der Waals surface area contributed by atoms with Crippen molar-refractivity contribution in [1.82, 2.24) is 25.7 Å². The van der Waals surface area contributed by atoms with Crippen LogP contribution in [0.1, 0.15) is 10.4 Å². The minimum absolute atomic E-state index is 0.235. The van der Waals surface area contributed by atoms with Crippen LogP contribution in [0.2, 0.25) is 0 Å². The van der Waals surface area contributed by atoms with Gasteiger partial charge < -0.3 is 4.90 Å². The summed E-state index contributed by atoms with van der Waals surface area (Å²) in [7, 11) is 0. The Labute approximate surface area is 145 Å². The summed E-state index contributed by atoms with van der Waals surface area (Å²) in [5, 5.41) is 0. The molecule has 0 saturated carbocycles. The third-order valence-electron chi connectivity index (χ3n) is 3.93. The molecule has 0 bridgehead atoms. The average Bonchev–Trinajstić information content (AvgIpc) is 2.68. The highest BCUT2D eigenvalue weighted by Gasteiger charge is 2.20. The van der Waals surface area contributed by atoms with Crippen molar-refractivity contribution >= 4 is 17.8 Å². The molecule has 1 aliphatic heterocycles. The second kappa shape index (κ2) is 8.20. The first-order chi connectivity index (χ1) is 12.2. The van der Waals surface area contributed by atoms with E-state index in [9.17, 15) is 9.59 Å². The number of rotatable bonds is 4. The van der Waals surface area contributed by atoms with E-state index in [2.05, 4.69) is 25.7 Å². The van der Waals surface area contributed by atoms with Crippen LogP contribution in [0.15, 0.2) is 48.8 Å². The fourth-order valence-corrected chi connectivity index (χ4v) is 2.59.